The van der Waals surface area contributed by atoms with E-state index in [4.69, 9.17) is 4.74 Å². The molecule has 0 fully saturated rings. The fourth-order valence-electron chi connectivity index (χ4n) is 3.50. The number of ether oxygens (including phenoxy) is 1. The van der Waals surface area contributed by atoms with E-state index in [2.05, 4.69) is 62.6 Å². The van der Waals surface area contributed by atoms with Gasteiger partial charge < -0.3 is 20.5 Å². The SMILES string of the molecule is CCCOc1cc2c(cc1NC(O)c1ccc(C(C)(C)C)cc1)CCCCN2. The van der Waals surface area contributed by atoms with Crippen LogP contribution in [0.3, 0.4) is 0 Å². The fourth-order valence-corrected chi connectivity index (χ4v) is 3.50. The molecule has 0 aliphatic carbocycles. The largest absolute Gasteiger partial charge is 0.491 e. The van der Waals surface area contributed by atoms with Crippen molar-refractivity contribution in [3.63, 3.8) is 0 Å². The number of anilines is 2. The first-order valence-corrected chi connectivity index (χ1v) is 10.5. The summed E-state index contributed by atoms with van der Waals surface area (Å²) in [5, 5.41) is 17.6. The quantitative estimate of drug-likeness (QED) is 0.567. The van der Waals surface area contributed by atoms with E-state index in [-0.39, 0.29) is 5.41 Å². The summed E-state index contributed by atoms with van der Waals surface area (Å²) >= 11 is 0. The topological polar surface area (TPSA) is 53.5 Å². The number of aryl methyl sites for hydroxylation is 1. The van der Waals surface area contributed by atoms with Crippen molar-refractivity contribution in [2.24, 2.45) is 0 Å². The second-order valence-electron chi connectivity index (χ2n) is 8.66. The zero-order valence-electron chi connectivity index (χ0n) is 17.6. The van der Waals surface area contributed by atoms with Crippen molar-refractivity contribution >= 4 is 11.4 Å². The molecule has 0 amide bonds. The van der Waals surface area contributed by atoms with Gasteiger partial charge in [0.25, 0.3) is 0 Å². The smallest absolute Gasteiger partial charge is 0.150 e. The van der Waals surface area contributed by atoms with Crippen molar-refractivity contribution in [2.45, 2.75) is 65.0 Å². The molecule has 0 bridgehead atoms. The molecule has 152 valence electrons. The van der Waals surface area contributed by atoms with Gasteiger partial charge in [-0.05, 0) is 48.3 Å². The number of aliphatic hydroxyl groups is 1. The van der Waals surface area contributed by atoms with E-state index in [0.29, 0.717) is 6.61 Å². The van der Waals surface area contributed by atoms with E-state index < -0.39 is 6.23 Å². The van der Waals surface area contributed by atoms with Gasteiger partial charge in [0.2, 0.25) is 0 Å². The van der Waals surface area contributed by atoms with Crippen LogP contribution in [-0.2, 0) is 11.8 Å². The molecular weight excluding hydrogens is 348 g/mol. The lowest BCUT2D eigenvalue weighted by molar-refractivity contribution is 0.207. The molecule has 1 atom stereocenters. The summed E-state index contributed by atoms with van der Waals surface area (Å²) in [6.07, 6.45) is 3.55. The van der Waals surface area contributed by atoms with Gasteiger partial charge in [-0.2, -0.15) is 0 Å². The second-order valence-corrected chi connectivity index (χ2v) is 8.66. The molecule has 4 heteroatoms. The summed E-state index contributed by atoms with van der Waals surface area (Å²) < 4.78 is 5.98. The molecule has 4 nitrogen and oxygen atoms in total. The molecule has 1 heterocycles. The second kappa shape index (κ2) is 8.87. The van der Waals surface area contributed by atoms with Crippen molar-refractivity contribution in [1.29, 1.82) is 0 Å². The Hall–Kier alpha value is -2.20. The Morgan fingerprint density at radius 1 is 1.14 bits per heavy atom. The zero-order valence-corrected chi connectivity index (χ0v) is 17.6. The summed E-state index contributed by atoms with van der Waals surface area (Å²) in [6.45, 7) is 10.3. The Morgan fingerprint density at radius 2 is 1.89 bits per heavy atom. The lowest BCUT2D eigenvalue weighted by Gasteiger charge is -2.22. The molecule has 2 aromatic rings. The van der Waals surface area contributed by atoms with Crippen molar-refractivity contribution in [1.82, 2.24) is 0 Å². The maximum atomic E-state index is 10.8. The van der Waals surface area contributed by atoms with Crippen molar-refractivity contribution < 1.29 is 9.84 Å². The Morgan fingerprint density at radius 3 is 2.57 bits per heavy atom. The Balaban J connectivity index is 1.84. The predicted octanol–water partition coefficient (Wildman–Crippen LogP) is 5.62. The van der Waals surface area contributed by atoms with Gasteiger partial charge in [-0.3, -0.25) is 0 Å². The number of fused-ring (bicyclic) bond motifs is 1. The van der Waals surface area contributed by atoms with Crippen LogP contribution in [0.15, 0.2) is 36.4 Å². The number of rotatable bonds is 6. The van der Waals surface area contributed by atoms with Gasteiger partial charge in [-0.15, -0.1) is 0 Å². The van der Waals surface area contributed by atoms with Gasteiger partial charge in [0.15, 0.2) is 6.23 Å². The van der Waals surface area contributed by atoms with E-state index in [1.807, 2.05) is 12.1 Å². The third-order valence-corrected chi connectivity index (χ3v) is 5.24. The first kappa shape index (κ1) is 20.5. The number of aliphatic hydroxyl groups excluding tert-OH is 1. The van der Waals surface area contributed by atoms with Gasteiger partial charge in [0, 0.05) is 23.9 Å². The van der Waals surface area contributed by atoms with Crippen LogP contribution in [0.1, 0.15) is 69.9 Å². The molecule has 0 spiro atoms. The minimum atomic E-state index is -0.783. The van der Waals surface area contributed by atoms with Crippen LogP contribution in [0.5, 0.6) is 5.75 Å². The Kier molecular flexibility index (Phi) is 6.50. The highest BCUT2D eigenvalue weighted by Gasteiger charge is 2.18. The number of benzene rings is 2. The maximum Gasteiger partial charge on any atom is 0.150 e. The molecule has 1 unspecified atom stereocenters. The number of hydrogen-bond donors (Lipinski definition) is 3. The fraction of sp³-hybridized carbons (Fsp3) is 0.500. The van der Waals surface area contributed by atoms with E-state index in [1.54, 1.807) is 0 Å². The van der Waals surface area contributed by atoms with Crippen LogP contribution in [0.25, 0.3) is 0 Å². The predicted molar refractivity (Wildman–Crippen MR) is 117 cm³/mol. The summed E-state index contributed by atoms with van der Waals surface area (Å²) in [4.78, 5) is 0. The average molecular weight is 383 g/mol. The lowest BCUT2D eigenvalue weighted by atomic mass is 9.86. The molecule has 0 aromatic heterocycles. The van der Waals surface area contributed by atoms with E-state index in [0.717, 1.165) is 42.1 Å². The van der Waals surface area contributed by atoms with Gasteiger partial charge in [0.1, 0.15) is 5.75 Å². The minimum absolute atomic E-state index is 0.0993. The third-order valence-electron chi connectivity index (χ3n) is 5.24. The van der Waals surface area contributed by atoms with Crippen LogP contribution in [-0.4, -0.2) is 18.3 Å². The zero-order chi connectivity index (χ0) is 20.1. The minimum Gasteiger partial charge on any atom is -0.491 e. The van der Waals surface area contributed by atoms with Crippen molar-refractivity contribution in [2.75, 3.05) is 23.8 Å². The number of nitrogens with one attached hydrogen (secondary N) is 2. The standard InChI is InChI=1S/C24H34N2O2/c1-5-14-28-22-16-20-18(8-6-7-13-25-20)15-21(22)26-23(27)17-9-11-19(12-10-17)24(2,3)4/h9-12,15-16,23,25-27H,5-8,13-14H2,1-4H3. The normalized spacial score (nSPS) is 15.2. The van der Waals surface area contributed by atoms with Gasteiger partial charge in [-0.25, -0.2) is 0 Å². The molecule has 0 radical (unpaired) electrons. The molecule has 0 saturated carbocycles. The highest BCUT2D eigenvalue weighted by molar-refractivity contribution is 5.68. The first-order valence-electron chi connectivity index (χ1n) is 10.5. The Bertz CT molecular complexity index is 778. The van der Waals surface area contributed by atoms with Crippen molar-refractivity contribution in [3.8, 4) is 5.75 Å². The van der Waals surface area contributed by atoms with E-state index >= 15 is 0 Å². The van der Waals surface area contributed by atoms with E-state index in [1.165, 1.54) is 24.0 Å². The summed E-state index contributed by atoms with van der Waals surface area (Å²) in [6, 6.07) is 12.4. The molecule has 3 N–H and O–H groups in total. The highest BCUT2D eigenvalue weighted by atomic mass is 16.5. The molecule has 1 aliphatic heterocycles. The van der Waals surface area contributed by atoms with Gasteiger partial charge in [0.05, 0.1) is 12.3 Å². The molecule has 1 aliphatic rings. The Labute approximate surface area is 169 Å². The monoisotopic (exact) mass is 382 g/mol. The molecule has 28 heavy (non-hydrogen) atoms. The summed E-state index contributed by atoms with van der Waals surface area (Å²) in [5.74, 6) is 0.792. The van der Waals surface area contributed by atoms with Crippen LogP contribution in [0.4, 0.5) is 11.4 Å². The third kappa shape index (κ3) is 4.99. The molecule has 2 aromatic carbocycles. The summed E-state index contributed by atoms with van der Waals surface area (Å²) in [7, 11) is 0. The summed E-state index contributed by atoms with van der Waals surface area (Å²) in [5.41, 5.74) is 5.48. The van der Waals surface area contributed by atoms with E-state index in [9.17, 15) is 5.11 Å². The average Bonchev–Trinajstić information content (AvgIpc) is 2.90. The maximum absolute atomic E-state index is 10.8. The van der Waals surface area contributed by atoms with Gasteiger partial charge >= 0.3 is 0 Å². The van der Waals surface area contributed by atoms with Gasteiger partial charge in [-0.1, -0.05) is 52.0 Å². The van der Waals surface area contributed by atoms with Crippen LogP contribution < -0.4 is 15.4 Å². The first-order chi connectivity index (χ1) is 13.4. The molecule has 3 rings (SSSR count). The molecule has 0 saturated heterocycles. The van der Waals surface area contributed by atoms with Crippen LogP contribution in [0, 0.1) is 0 Å². The number of hydrogen-bond acceptors (Lipinski definition) is 4. The van der Waals surface area contributed by atoms with Crippen molar-refractivity contribution in [3.05, 3.63) is 53.1 Å². The molecular formula is C24H34N2O2. The van der Waals surface area contributed by atoms with Crippen LogP contribution >= 0.6 is 0 Å². The highest BCUT2D eigenvalue weighted by Crippen LogP contribution is 2.36. The van der Waals surface area contributed by atoms with Crippen LogP contribution in [0.2, 0.25) is 0 Å². The lowest BCUT2D eigenvalue weighted by Crippen LogP contribution is -2.14.